The molecular formula is C5H3BrN4S. The smallest absolute Gasteiger partial charge is 0.212 e. The molecule has 2 rings (SSSR count). The van der Waals surface area contributed by atoms with Crippen LogP contribution < -0.4 is 0 Å². The molecule has 0 bridgehead atoms. The topological polar surface area (TPSA) is 43.6 Å². The Kier molecular flexibility index (Phi) is 1.71. The van der Waals surface area contributed by atoms with Gasteiger partial charge in [-0.1, -0.05) is 0 Å². The normalized spacial score (nSPS) is 10.3. The van der Waals surface area contributed by atoms with Crippen molar-refractivity contribution >= 4 is 27.3 Å². The van der Waals surface area contributed by atoms with E-state index in [9.17, 15) is 0 Å². The molecule has 0 saturated heterocycles. The predicted molar refractivity (Wildman–Crippen MR) is 44.7 cm³/mol. The molecule has 0 fully saturated rings. The van der Waals surface area contributed by atoms with Crippen molar-refractivity contribution in [2.75, 3.05) is 0 Å². The van der Waals surface area contributed by atoms with E-state index in [4.69, 9.17) is 0 Å². The SMILES string of the molecule is Brc1csc(-n2cncn2)n1. The number of nitrogens with zero attached hydrogens (tertiary/aromatic N) is 4. The van der Waals surface area contributed by atoms with Crippen molar-refractivity contribution in [1.29, 1.82) is 0 Å². The zero-order valence-corrected chi connectivity index (χ0v) is 7.71. The molecule has 11 heavy (non-hydrogen) atoms. The molecule has 0 radical (unpaired) electrons. The Labute approximate surface area is 75.0 Å². The van der Waals surface area contributed by atoms with Gasteiger partial charge in [0.15, 0.2) is 0 Å². The number of thiazole rings is 1. The summed E-state index contributed by atoms with van der Waals surface area (Å²) >= 11 is 4.77. The second-order valence-electron chi connectivity index (χ2n) is 1.79. The van der Waals surface area contributed by atoms with Crippen LogP contribution in [0, 0.1) is 0 Å². The average Bonchev–Trinajstić information content (AvgIpc) is 2.55. The van der Waals surface area contributed by atoms with Crippen LogP contribution in [0.15, 0.2) is 22.6 Å². The van der Waals surface area contributed by atoms with Gasteiger partial charge in [0.05, 0.1) is 0 Å². The molecule has 0 spiro atoms. The molecule has 2 aromatic heterocycles. The molecule has 2 heterocycles. The van der Waals surface area contributed by atoms with Gasteiger partial charge in [-0.25, -0.2) is 9.97 Å². The van der Waals surface area contributed by atoms with Crippen molar-refractivity contribution in [3.63, 3.8) is 0 Å². The lowest BCUT2D eigenvalue weighted by atomic mass is 11.0. The van der Waals surface area contributed by atoms with Crippen LogP contribution in [0.3, 0.4) is 0 Å². The predicted octanol–water partition coefficient (Wildman–Crippen LogP) is 1.49. The van der Waals surface area contributed by atoms with E-state index in [1.54, 1.807) is 11.0 Å². The van der Waals surface area contributed by atoms with Crippen LogP contribution in [0.4, 0.5) is 0 Å². The van der Waals surface area contributed by atoms with Gasteiger partial charge >= 0.3 is 0 Å². The molecule has 6 heteroatoms. The van der Waals surface area contributed by atoms with Gasteiger partial charge in [-0.15, -0.1) is 11.3 Å². The lowest BCUT2D eigenvalue weighted by Crippen LogP contribution is -1.91. The van der Waals surface area contributed by atoms with E-state index in [0.29, 0.717) is 0 Å². The first-order chi connectivity index (χ1) is 5.36. The van der Waals surface area contributed by atoms with Crippen LogP contribution in [0.5, 0.6) is 0 Å². The first kappa shape index (κ1) is 6.93. The zero-order valence-electron chi connectivity index (χ0n) is 5.31. The van der Waals surface area contributed by atoms with E-state index in [0.717, 1.165) is 9.73 Å². The fourth-order valence-electron chi connectivity index (χ4n) is 0.658. The molecular weight excluding hydrogens is 228 g/mol. The van der Waals surface area contributed by atoms with Crippen LogP contribution in [-0.2, 0) is 0 Å². The third-order valence-electron chi connectivity index (χ3n) is 1.08. The van der Waals surface area contributed by atoms with Gasteiger partial charge in [-0.3, -0.25) is 0 Å². The summed E-state index contributed by atoms with van der Waals surface area (Å²) in [5.74, 6) is 0. The summed E-state index contributed by atoms with van der Waals surface area (Å²) in [7, 11) is 0. The maximum Gasteiger partial charge on any atom is 0.212 e. The van der Waals surface area contributed by atoms with Gasteiger partial charge in [-0.2, -0.15) is 9.78 Å². The highest BCUT2D eigenvalue weighted by Crippen LogP contribution is 2.16. The summed E-state index contributed by atoms with van der Waals surface area (Å²) in [4.78, 5) is 7.96. The maximum absolute atomic E-state index is 4.15. The summed E-state index contributed by atoms with van der Waals surface area (Å²) in [6.45, 7) is 0. The summed E-state index contributed by atoms with van der Waals surface area (Å²) in [6.07, 6.45) is 3.10. The molecule has 0 N–H and O–H groups in total. The maximum atomic E-state index is 4.15. The highest BCUT2D eigenvalue weighted by molar-refractivity contribution is 9.10. The largest absolute Gasteiger partial charge is 0.223 e. The van der Waals surface area contributed by atoms with Gasteiger partial charge < -0.3 is 0 Å². The van der Waals surface area contributed by atoms with E-state index in [2.05, 4.69) is 31.0 Å². The van der Waals surface area contributed by atoms with Crippen molar-refractivity contribution in [2.45, 2.75) is 0 Å². The molecule has 0 saturated carbocycles. The van der Waals surface area contributed by atoms with E-state index in [-0.39, 0.29) is 0 Å². The molecule has 2 aromatic rings. The molecule has 0 aromatic carbocycles. The highest BCUT2D eigenvalue weighted by Gasteiger charge is 2.00. The van der Waals surface area contributed by atoms with Crippen LogP contribution in [0.25, 0.3) is 5.13 Å². The van der Waals surface area contributed by atoms with E-state index in [1.807, 2.05) is 5.38 Å². The Hall–Kier alpha value is -0.750. The lowest BCUT2D eigenvalue weighted by molar-refractivity contribution is 0.865. The fourth-order valence-corrected chi connectivity index (χ4v) is 1.83. The van der Waals surface area contributed by atoms with Crippen LogP contribution in [0.2, 0.25) is 0 Å². The van der Waals surface area contributed by atoms with Gasteiger partial charge in [0.2, 0.25) is 5.13 Å². The summed E-state index contributed by atoms with van der Waals surface area (Å²) in [6, 6.07) is 0. The molecule has 0 aliphatic heterocycles. The number of rotatable bonds is 1. The zero-order chi connectivity index (χ0) is 7.68. The van der Waals surface area contributed by atoms with Crippen LogP contribution >= 0.6 is 27.3 Å². The lowest BCUT2D eigenvalue weighted by Gasteiger charge is -1.88. The van der Waals surface area contributed by atoms with Crippen molar-refractivity contribution in [3.8, 4) is 5.13 Å². The Bertz CT molecular complexity index is 341. The number of hydrogen-bond donors (Lipinski definition) is 0. The Balaban J connectivity index is 2.45. The first-order valence-corrected chi connectivity index (χ1v) is 4.49. The summed E-state index contributed by atoms with van der Waals surface area (Å²) in [5, 5.41) is 6.65. The average molecular weight is 231 g/mol. The molecule has 0 atom stereocenters. The number of aromatic nitrogens is 4. The Morgan fingerprint density at radius 3 is 3.00 bits per heavy atom. The molecule has 0 aliphatic rings. The van der Waals surface area contributed by atoms with Crippen molar-refractivity contribution in [3.05, 3.63) is 22.6 Å². The minimum atomic E-state index is 0.814. The van der Waals surface area contributed by atoms with Gasteiger partial charge in [0, 0.05) is 5.38 Å². The molecule has 56 valence electrons. The minimum Gasteiger partial charge on any atom is -0.223 e. The van der Waals surface area contributed by atoms with E-state index in [1.165, 1.54) is 17.7 Å². The summed E-state index contributed by atoms with van der Waals surface area (Å²) in [5.41, 5.74) is 0. The quantitative estimate of drug-likeness (QED) is 0.746. The Morgan fingerprint density at radius 1 is 1.55 bits per heavy atom. The second kappa shape index (κ2) is 2.71. The highest BCUT2D eigenvalue weighted by atomic mass is 79.9. The van der Waals surface area contributed by atoms with E-state index >= 15 is 0 Å². The van der Waals surface area contributed by atoms with Crippen molar-refractivity contribution in [2.24, 2.45) is 0 Å². The number of hydrogen-bond acceptors (Lipinski definition) is 4. The molecule has 0 unspecified atom stereocenters. The second-order valence-corrected chi connectivity index (χ2v) is 3.44. The third-order valence-corrected chi connectivity index (χ3v) is 2.62. The molecule has 0 aliphatic carbocycles. The van der Waals surface area contributed by atoms with Gasteiger partial charge in [0.25, 0.3) is 0 Å². The minimum absolute atomic E-state index is 0.814. The summed E-state index contributed by atoms with van der Waals surface area (Å²) < 4.78 is 2.45. The van der Waals surface area contributed by atoms with Crippen molar-refractivity contribution in [1.82, 2.24) is 19.7 Å². The van der Waals surface area contributed by atoms with Gasteiger partial charge in [0.1, 0.15) is 17.3 Å². The van der Waals surface area contributed by atoms with Crippen molar-refractivity contribution < 1.29 is 0 Å². The molecule has 0 amide bonds. The first-order valence-electron chi connectivity index (χ1n) is 2.82. The fraction of sp³-hybridized carbons (Fsp3) is 0. The van der Waals surface area contributed by atoms with Gasteiger partial charge in [-0.05, 0) is 15.9 Å². The molecule has 4 nitrogen and oxygen atoms in total. The van der Waals surface area contributed by atoms with Crippen LogP contribution in [0.1, 0.15) is 0 Å². The number of halogens is 1. The van der Waals surface area contributed by atoms with Crippen LogP contribution in [-0.4, -0.2) is 19.7 Å². The third kappa shape index (κ3) is 1.31. The standard InChI is InChI=1S/C5H3BrN4S/c6-4-1-11-5(9-4)10-3-7-2-8-10/h1-3H. The monoisotopic (exact) mass is 230 g/mol. The van der Waals surface area contributed by atoms with E-state index < -0.39 is 0 Å². The Morgan fingerprint density at radius 2 is 2.45 bits per heavy atom.